The van der Waals surface area contributed by atoms with Gasteiger partial charge in [0.2, 0.25) is 5.95 Å². The minimum atomic E-state index is -0.318. The summed E-state index contributed by atoms with van der Waals surface area (Å²) in [5, 5.41) is 9.11. The first kappa shape index (κ1) is 10.6. The van der Waals surface area contributed by atoms with Crippen molar-refractivity contribution in [1.29, 1.82) is 0 Å². The van der Waals surface area contributed by atoms with Crippen LogP contribution in [0.4, 0.5) is 5.95 Å². The highest BCUT2D eigenvalue weighted by atomic mass is 35.5. The van der Waals surface area contributed by atoms with Gasteiger partial charge in [0.15, 0.2) is 0 Å². The molecule has 1 heterocycles. The molecule has 0 unspecified atom stereocenters. The van der Waals surface area contributed by atoms with Crippen molar-refractivity contribution in [2.24, 2.45) is 0 Å². The van der Waals surface area contributed by atoms with Gasteiger partial charge < -0.3 is 0 Å². The van der Waals surface area contributed by atoms with E-state index in [-0.39, 0.29) is 5.91 Å². The van der Waals surface area contributed by atoms with Crippen LogP contribution in [0, 0.1) is 6.92 Å². The molecule has 1 aromatic heterocycles. The van der Waals surface area contributed by atoms with Gasteiger partial charge in [-0.25, -0.2) is 5.10 Å². The van der Waals surface area contributed by atoms with Gasteiger partial charge in [0.05, 0.1) is 10.6 Å². The lowest BCUT2D eigenvalue weighted by Crippen LogP contribution is -2.13. The largest absolute Gasteiger partial charge is 0.291 e. The van der Waals surface area contributed by atoms with Crippen LogP contribution < -0.4 is 5.32 Å². The van der Waals surface area contributed by atoms with Crippen LogP contribution in [0.3, 0.4) is 0 Å². The molecule has 1 aromatic carbocycles. The number of aromatic nitrogens is 3. The molecule has 0 radical (unpaired) electrons. The second-order valence-electron chi connectivity index (χ2n) is 3.27. The van der Waals surface area contributed by atoms with Crippen molar-refractivity contribution < 1.29 is 4.79 Å². The van der Waals surface area contributed by atoms with Crippen molar-refractivity contribution in [3.05, 3.63) is 40.7 Å². The summed E-state index contributed by atoms with van der Waals surface area (Å²) >= 11 is 5.96. The van der Waals surface area contributed by atoms with Crippen LogP contribution in [-0.2, 0) is 0 Å². The van der Waals surface area contributed by atoms with E-state index in [1.807, 2.05) is 13.0 Å². The predicted octanol–water partition coefficient (Wildman–Crippen LogP) is 2.02. The molecule has 82 valence electrons. The summed E-state index contributed by atoms with van der Waals surface area (Å²) < 4.78 is 0. The third-order valence-corrected chi connectivity index (χ3v) is 2.33. The summed E-state index contributed by atoms with van der Waals surface area (Å²) in [6.07, 6.45) is 1.31. The van der Waals surface area contributed by atoms with E-state index < -0.39 is 0 Å². The highest BCUT2D eigenvalue weighted by Gasteiger charge is 2.11. The number of amides is 1. The Morgan fingerprint density at radius 1 is 1.50 bits per heavy atom. The first-order chi connectivity index (χ1) is 7.66. The summed E-state index contributed by atoms with van der Waals surface area (Å²) in [7, 11) is 0. The number of carbonyl (C=O) groups excluding carboxylic acids is 1. The first-order valence-electron chi connectivity index (χ1n) is 4.59. The van der Waals surface area contributed by atoms with Gasteiger partial charge in [-0.3, -0.25) is 10.1 Å². The Labute approximate surface area is 96.8 Å². The van der Waals surface area contributed by atoms with Crippen molar-refractivity contribution >= 4 is 23.5 Å². The third-order valence-electron chi connectivity index (χ3n) is 2.02. The van der Waals surface area contributed by atoms with E-state index >= 15 is 0 Å². The molecule has 2 aromatic rings. The smallest absolute Gasteiger partial charge is 0.259 e. The van der Waals surface area contributed by atoms with Crippen LogP contribution in [0.25, 0.3) is 0 Å². The van der Waals surface area contributed by atoms with Gasteiger partial charge in [-0.15, -0.1) is 0 Å². The Balaban J connectivity index is 2.21. The number of nitrogens with one attached hydrogen (secondary N) is 2. The van der Waals surface area contributed by atoms with E-state index in [9.17, 15) is 4.79 Å². The molecule has 0 saturated carbocycles. The predicted molar refractivity (Wildman–Crippen MR) is 60.5 cm³/mol. The number of H-pyrrole nitrogens is 1. The lowest BCUT2D eigenvalue weighted by Gasteiger charge is -2.04. The zero-order valence-corrected chi connectivity index (χ0v) is 9.25. The van der Waals surface area contributed by atoms with Gasteiger partial charge >= 0.3 is 0 Å². The molecule has 6 heteroatoms. The van der Waals surface area contributed by atoms with Crippen molar-refractivity contribution in [1.82, 2.24) is 15.2 Å². The van der Waals surface area contributed by atoms with Crippen LogP contribution in [0.2, 0.25) is 5.02 Å². The molecule has 2 N–H and O–H groups in total. The topological polar surface area (TPSA) is 70.7 Å². The van der Waals surface area contributed by atoms with Gasteiger partial charge in [0.25, 0.3) is 5.91 Å². The molecule has 0 aliphatic rings. The maximum Gasteiger partial charge on any atom is 0.259 e. The highest BCUT2D eigenvalue weighted by molar-refractivity contribution is 6.34. The molecular formula is C10H9ClN4O. The van der Waals surface area contributed by atoms with Gasteiger partial charge in [0, 0.05) is 0 Å². The monoisotopic (exact) mass is 236 g/mol. The van der Waals surface area contributed by atoms with Crippen LogP contribution in [0.5, 0.6) is 0 Å². The van der Waals surface area contributed by atoms with E-state index in [0.717, 1.165) is 5.56 Å². The fourth-order valence-corrected chi connectivity index (χ4v) is 1.57. The molecule has 0 saturated heterocycles. The van der Waals surface area contributed by atoms with Gasteiger partial charge in [-0.05, 0) is 24.6 Å². The number of benzene rings is 1. The minimum Gasteiger partial charge on any atom is -0.291 e. The van der Waals surface area contributed by atoms with Crippen molar-refractivity contribution in [2.45, 2.75) is 6.92 Å². The molecule has 0 aliphatic heterocycles. The molecule has 16 heavy (non-hydrogen) atoms. The second kappa shape index (κ2) is 4.32. The number of anilines is 1. The molecule has 1 amide bonds. The fourth-order valence-electron chi connectivity index (χ4n) is 1.24. The molecule has 0 fully saturated rings. The van der Waals surface area contributed by atoms with Crippen LogP contribution >= 0.6 is 11.6 Å². The first-order valence-corrected chi connectivity index (χ1v) is 4.97. The summed E-state index contributed by atoms with van der Waals surface area (Å²) in [5.74, 6) is -0.0246. The van der Waals surface area contributed by atoms with Crippen LogP contribution in [0.1, 0.15) is 15.9 Å². The lowest BCUT2D eigenvalue weighted by molar-refractivity contribution is 0.102. The van der Waals surface area contributed by atoms with Crippen molar-refractivity contribution in [2.75, 3.05) is 5.32 Å². The molecule has 0 atom stereocenters. The summed E-state index contributed by atoms with van der Waals surface area (Å²) in [5.41, 5.74) is 1.41. The Morgan fingerprint density at radius 2 is 2.31 bits per heavy atom. The van der Waals surface area contributed by atoms with E-state index in [0.29, 0.717) is 16.5 Å². The molecule has 0 bridgehead atoms. The van der Waals surface area contributed by atoms with Gasteiger partial charge in [-0.1, -0.05) is 17.7 Å². The SMILES string of the molecule is Cc1ccc(C(=O)Nc2ncn[nH]2)c(Cl)c1. The Morgan fingerprint density at radius 3 is 2.94 bits per heavy atom. The fraction of sp³-hybridized carbons (Fsp3) is 0.100. The lowest BCUT2D eigenvalue weighted by atomic mass is 10.1. The van der Waals surface area contributed by atoms with Crippen LogP contribution in [-0.4, -0.2) is 21.1 Å². The average Bonchev–Trinajstić information content (AvgIpc) is 2.70. The van der Waals surface area contributed by atoms with Gasteiger partial charge in [0.1, 0.15) is 6.33 Å². The minimum absolute atomic E-state index is 0.293. The third kappa shape index (κ3) is 2.20. The average molecular weight is 237 g/mol. The highest BCUT2D eigenvalue weighted by Crippen LogP contribution is 2.18. The van der Waals surface area contributed by atoms with Gasteiger partial charge in [-0.2, -0.15) is 10.1 Å². The summed E-state index contributed by atoms with van der Waals surface area (Å²) in [6.45, 7) is 1.91. The Hall–Kier alpha value is -1.88. The maximum absolute atomic E-state index is 11.8. The van der Waals surface area contributed by atoms with Crippen molar-refractivity contribution in [3.63, 3.8) is 0 Å². The number of halogens is 1. The normalized spacial score (nSPS) is 10.1. The second-order valence-corrected chi connectivity index (χ2v) is 3.68. The molecule has 5 nitrogen and oxygen atoms in total. The summed E-state index contributed by atoms with van der Waals surface area (Å²) in [6, 6.07) is 5.22. The molecule has 0 spiro atoms. The Bertz CT molecular complexity index is 510. The number of aryl methyl sites for hydroxylation is 1. The summed E-state index contributed by atoms with van der Waals surface area (Å²) in [4.78, 5) is 15.5. The van der Waals surface area contributed by atoms with E-state index in [4.69, 9.17) is 11.6 Å². The maximum atomic E-state index is 11.8. The molecular weight excluding hydrogens is 228 g/mol. The zero-order chi connectivity index (χ0) is 11.5. The molecule has 0 aliphatic carbocycles. The molecule has 2 rings (SSSR count). The Kier molecular flexibility index (Phi) is 2.87. The number of hydrogen-bond acceptors (Lipinski definition) is 3. The number of rotatable bonds is 2. The van der Waals surface area contributed by atoms with E-state index in [1.54, 1.807) is 12.1 Å². The van der Waals surface area contributed by atoms with E-state index in [1.165, 1.54) is 6.33 Å². The zero-order valence-electron chi connectivity index (χ0n) is 8.49. The standard InChI is InChI=1S/C10H9ClN4O/c1-6-2-3-7(8(11)4-6)9(16)14-10-12-5-13-15-10/h2-5H,1H3,(H2,12,13,14,15,16). The quantitative estimate of drug-likeness (QED) is 0.838. The number of aromatic amines is 1. The van der Waals surface area contributed by atoms with Crippen LogP contribution in [0.15, 0.2) is 24.5 Å². The van der Waals surface area contributed by atoms with Crippen molar-refractivity contribution in [3.8, 4) is 0 Å². The van der Waals surface area contributed by atoms with E-state index in [2.05, 4.69) is 20.5 Å². The number of carbonyl (C=O) groups is 1. The number of nitrogens with zero attached hydrogens (tertiary/aromatic N) is 2. The number of hydrogen-bond donors (Lipinski definition) is 2.